The Morgan fingerprint density at radius 3 is 2.65 bits per heavy atom. The maximum absolute atomic E-state index is 11.0. The SMILES string of the molecule is O=C(O)c1cc([N+](=O)[O-])cc(Cl)c1NC1CC1. The van der Waals surface area contributed by atoms with Crippen LogP contribution in [-0.2, 0) is 0 Å². The molecule has 2 N–H and O–H groups in total. The normalized spacial score (nSPS) is 14.4. The monoisotopic (exact) mass is 256 g/mol. The summed E-state index contributed by atoms with van der Waals surface area (Å²) in [4.78, 5) is 21.0. The second-order valence-corrected chi connectivity index (χ2v) is 4.24. The van der Waals surface area contributed by atoms with Crippen LogP contribution in [0, 0.1) is 10.1 Å². The van der Waals surface area contributed by atoms with Gasteiger partial charge in [-0.3, -0.25) is 10.1 Å². The smallest absolute Gasteiger partial charge is 0.338 e. The lowest BCUT2D eigenvalue weighted by molar-refractivity contribution is -0.384. The van der Waals surface area contributed by atoms with Crippen molar-refractivity contribution in [2.75, 3.05) is 5.32 Å². The van der Waals surface area contributed by atoms with Crippen molar-refractivity contribution in [1.82, 2.24) is 0 Å². The first-order valence-corrected chi connectivity index (χ1v) is 5.34. The van der Waals surface area contributed by atoms with Crippen LogP contribution in [0.4, 0.5) is 11.4 Å². The third kappa shape index (κ3) is 2.47. The van der Waals surface area contributed by atoms with Crippen molar-refractivity contribution in [3.05, 3.63) is 32.8 Å². The van der Waals surface area contributed by atoms with Gasteiger partial charge in [0.15, 0.2) is 0 Å². The molecular weight excluding hydrogens is 248 g/mol. The zero-order valence-electron chi connectivity index (χ0n) is 8.64. The highest BCUT2D eigenvalue weighted by Crippen LogP contribution is 2.35. The van der Waals surface area contributed by atoms with Crippen molar-refractivity contribution >= 4 is 28.9 Å². The summed E-state index contributed by atoms with van der Waals surface area (Å²) in [5.41, 5.74) is -0.239. The number of nitro benzene ring substituents is 1. The molecule has 0 heterocycles. The number of nitrogens with zero attached hydrogens (tertiary/aromatic N) is 1. The highest BCUT2D eigenvalue weighted by Gasteiger charge is 2.26. The van der Waals surface area contributed by atoms with E-state index >= 15 is 0 Å². The summed E-state index contributed by atoms with van der Waals surface area (Å²) < 4.78 is 0. The van der Waals surface area contributed by atoms with Crippen LogP contribution in [0.5, 0.6) is 0 Å². The lowest BCUT2D eigenvalue weighted by Gasteiger charge is -2.10. The third-order valence-corrected chi connectivity index (χ3v) is 2.74. The minimum atomic E-state index is -1.24. The molecule has 1 aliphatic rings. The molecule has 1 aromatic carbocycles. The predicted molar refractivity (Wildman–Crippen MR) is 61.7 cm³/mol. The van der Waals surface area contributed by atoms with Crippen molar-refractivity contribution in [1.29, 1.82) is 0 Å². The Morgan fingerprint density at radius 2 is 2.18 bits per heavy atom. The van der Waals surface area contributed by atoms with Gasteiger partial charge in [-0.25, -0.2) is 4.79 Å². The highest BCUT2D eigenvalue weighted by atomic mass is 35.5. The number of halogens is 1. The van der Waals surface area contributed by atoms with Gasteiger partial charge in [-0.15, -0.1) is 0 Å². The van der Waals surface area contributed by atoms with Crippen LogP contribution in [0.25, 0.3) is 0 Å². The Morgan fingerprint density at radius 1 is 1.53 bits per heavy atom. The van der Waals surface area contributed by atoms with Crippen molar-refractivity contribution in [2.45, 2.75) is 18.9 Å². The molecule has 0 bridgehead atoms. The molecule has 1 fully saturated rings. The summed E-state index contributed by atoms with van der Waals surface area (Å²) >= 11 is 5.86. The molecule has 17 heavy (non-hydrogen) atoms. The number of carbonyl (C=O) groups is 1. The van der Waals surface area contributed by atoms with E-state index in [0.29, 0.717) is 0 Å². The van der Waals surface area contributed by atoms with Crippen LogP contribution in [-0.4, -0.2) is 22.0 Å². The highest BCUT2D eigenvalue weighted by molar-refractivity contribution is 6.34. The van der Waals surface area contributed by atoms with E-state index in [1.807, 2.05) is 0 Å². The molecule has 0 spiro atoms. The second kappa shape index (κ2) is 4.21. The van der Waals surface area contributed by atoms with Gasteiger partial charge in [0.1, 0.15) is 0 Å². The Kier molecular flexibility index (Phi) is 2.89. The first-order valence-electron chi connectivity index (χ1n) is 4.97. The molecule has 0 radical (unpaired) electrons. The number of nitro groups is 1. The molecule has 90 valence electrons. The predicted octanol–water partition coefficient (Wildman–Crippen LogP) is 2.52. The van der Waals surface area contributed by atoms with Gasteiger partial charge in [0.2, 0.25) is 0 Å². The van der Waals surface area contributed by atoms with Gasteiger partial charge < -0.3 is 10.4 Å². The van der Waals surface area contributed by atoms with Crippen molar-refractivity contribution in [3.8, 4) is 0 Å². The maximum Gasteiger partial charge on any atom is 0.338 e. The molecule has 1 aliphatic carbocycles. The first kappa shape index (κ1) is 11.7. The van der Waals surface area contributed by atoms with Gasteiger partial charge in [0.05, 0.1) is 21.2 Å². The lowest BCUT2D eigenvalue weighted by Crippen LogP contribution is -2.09. The molecule has 0 saturated heterocycles. The zero-order chi connectivity index (χ0) is 12.6. The van der Waals surface area contributed by atoms with E-state index < -0.39 is 10.9 Å². The molecule has 0 aliphatic heterocycles. The maximum atomic E-state index is 11.0. The number of rotatable bonds is 4. The zero-order valence-corrected chi connectivity index (χ0v) is 9.40. The van der Waals surface area contributed by atoms with Crippen LogP contribution in [0.1, 0.15) is 23.2 Å². The summed E-state index contributed by atoms with van der Waals surface area (Å²) in [6.07, 6.45) is 1.90. The summed E-state index contributed by atoms with van der Waals surface area (Å²) in [6, 6.07) is 2.38. The number of anilines is 1. The minimum Gasteiger partial charge on any atom is -0.478 e. The number of hydrogen-bond acceptors (Lipinski definition) is 4. The molecule has 2 rings (SSSR count). The lowest BCUT2D eigenvalue weighted by atomic mass is 10.1. The van der Waals surface area contributed by atoms with E-state index in [2.05, 4.69) is 5.32 Å². The van der Waals surface area contributed by atoms with Gasteiger partial charge >= 0.3 is 5.97 Å². The number of nitrogens with one attached hydrogen (secondary N) is 1. The number of hydrogen-bond donors (Lipinski definition) is 2. The molecule has 0 unspecified atom stereocenters. The Bertz CT molecular complexity index is 499. The molecule has 0 atom stereocenters. The van der Waals surface area contributed by atoms with E-state index in [9.17, 15) is 14.9 Å². The number of carboxylic acids is 1. The van der Waals surface area contributed by atoms with Crippen LogP contribution in [0.3, 0.4) is 0 Å². The molecule has 1 aromatic rings. The standard InChI is InChI=1S/C10H9ClN2O4/c11-8-4-6(13(16)17)3-7(10(14)15)9(8)12-5-1-2-5/h3-5,12H,1-2H2,(H,14,15). The van der Waals surface area contributed by atoms with Gasteiger partial charge in [-0.05, 0) is 12.8 Å². The van der Waals surface area contributed by atoms with Crippen LogP contribution in [0.2, 0.25) is 5.02 Å². The number of carboxylic acid groups (broad SMARTS) is 1. The van der Waals surface area contributed by atoms with Crippen LogP contribution in [0.15, 0.2) is 12.1 Å². The van der Waals surface area contributed by atoms with E-state index in [-0.39, 0.29) is 28.0 Å². The average molecular weight is 257 g/mol. The number of benzene rings is 1. The molecular formula is C10H9ClN2O4. The fourth-order valence-electron chi connectivity index (χ4n) is 1.44. The molecule has 1 saturated carbocycles. The van der Waals surface area contributed by atoms with E-state index in [0.717, 1.165) is 25.0 Å². The number of non-ortho nitro benzene ring substituents is 1. The van der Waals surface area contributed by atoms with Gasteiger partial charge in [-0.1, -0.05) is 11.6 Å². The quantitative estimate of drug-likeness (QED) is 0.638. The molecule has 7 heteroatoms. The van der Waals surface area contributed by atoms with Crippen LogP contribution >= 0.6 is 11.6 Å². The largest absolute Gasteiger partial charge is 0.478 e. The number of aromatic carboxylic acids is 1. The van der Waals surface area contributed by atoms with E-state index in [1.165, 1.54) is 0 Å². The van der Waals surface area contributed by atoms with Crippen LogP contribution < -0.4 is 5.32 Å². The van der Waals surface area contributed by atoms with Crippen molar-refractivity contribution in [2.24, 2.45) is 0 Å². The van der Waals surface area contributed by atoms with Gasteiger partial charge in [0, 0.05) is 18.2 Å². The first-order chi connectivity index (χ1) is 7.99. The summed E-state index contributed by atoms with van der Waals surface area (Å²) in [7, 11) is 0. The molecule has 0 aromatic heterocycles. The van der Waals surface area contributed by atoms with E-state index in [4.69, 9.17) is 16.7 Å². The van der Waals surface area contributed by atoms with Gasteiger partial charge in [-0.2, -0.15) is 0 Å². The van der Waals surface area contributed by atoms with E-state index in [1.54, 1.807) is 0 Å². The topological polar surface area (TPSA) is 92.5 Å². The van der Waals surface area contributed by atoms with Crippen molar-refractivity contribution < 1.29 is 14.8 Å². The Labute approximate surface area is 101 Å². The van der Waals surface area contributed by atoms with Crippen molar-refractivity contribution in [3.63, 3.8) is 0 Å². The fourth-order valence-corrected chi connectivity index (χ4v) is 1.71. The Balaban J connectivity index is 2.47. The van der Waals surface area contributed by atoms with Gasteiger partial charge in [0.25, 0.3) is 5.69 Å². The second-order valence-electron chi connectivity index (χ2n) is 3.83. The summed E-state index contributed by atoms with van der Waals surface area (Å²) in [5.74, 6) is -1.24. The Hall–Kier alpha value is -1.82. The average Bonchev–Trinajstić information content (AvgIpc) is 3.03. The third-order valence-electron chi connectivity index (χ3n) is 2.44. The minimum absolute atomic E-state index is 0.0588. The summed E-state index contributed by atoms with van der Waals surface area (Å²) in [5, 5.41) is 22.6. The molecule has 6 nitrogen and oxygen atoms in total. The molecule has 0 amide bonds. The fraction of sp³-hybridized carbons (Fsp3) is 0.300. The summed E-state index contributed by atoms with van der Waals surface area (Å²) in [6.45, 7) is 0.